The topological polar surface area (TPSA) is 85.4 Å². The largest absolute Gasteiger partial charge is 0.483 e. The molecule has 1 spiro atoms. The van der Waals surface area contributed by atoms with E-state index in [0.717, 1.165) is 23.2 Å². The first-order valence-corrected chi connectivity index (χ1v) is 15.0. The molecule has 2 aromatic carbocycles. The number of carbonyl (C=O) groups is 3. The molecular weight excluding hydrogens is 579 g/mol. The van der Waals surface area contributed by atoms with E-state index >= 15 is 0 Å². The summed E-state index contributed by atoms with van der Waals surface area (Å²) in [5.74, 6) is -0.0388. The lowest BCUT2D eigenvalue weighted by Crippen LogP contribution is -2.79. The third-order valence-corrected chi connectivity index (χ3v) is 10.4. The number of amides is 1. The molecule has 5 atom stereocenters. The molecule has 0 aromatic heterocycles. The zero-order valence-electron chi connectivity index (χ0n) is 24.0. The quantitative estimate of drug-likeness (QED) is 0.250. The molecule has 0 N–H and O–H groups in total. The fourth-order valence-electron chi connectivity index (χ4n) is 8.18. The predicted molar refractivity (Wildman–Crippen MR) is 158 cm³/mol. The Balaban J connectivity index is 1.46. The van der Waals surface area contributed by atoms with Gasteiger partial charge in [0.05, 0.1) is 34.0 Å². The Hall–Kier alpha value is -3.07. The number of carbonyl (C=O) groups excluding carboxylic acids is 3. The Morgan fingerprint density at radius 1 is 1.14 bits per heavy atom. The molecule has 6 rings (SSSR count). The number of hydrogen-bond acceptors (Lipinski definition) is 7. The van der Waals surface area contributed by atoms with Gasteiger partial charge in [0.25, 0.3) is 0 Å². The zero-order chi connectivity index (χ0) is 30.0. The minimum Gasteiger partial charge on any atom is -0.483 e. The summed E-state index contributed by atoms with van der Waals surface area (Å²) in [7, 11) is 1.80. The van der Waals surface area contributed by atoms with Crippen LogP contribution in [-0.4, -0.2) is 71.6 Å². The number of likely N-dealkylation sites (N-methyl/N-ethyl adjacent to an activating group) is 1. The minimum absolute atomic E-state index is 0.0915. The number of halogens is 2. The highest BCUT2D eigenvalue weighted by Gasteiger charge is 2.75. The van der Waals surface area contributed by atoms with Crippen molar-refractivity contribution in [2.75, 3.05) is 20.1 Å². The average Bonchev–Trinajstić information content (AvgIpc) is 3.28. The van der Waals surface area contributed by atoms with Gasteiger partial charge in [0.2, 0.25) is 5.91 Å². The average molecular weight is 614 g/mol. The van der Waals surface area contributed by atoms with E-state index in [1.807, 2.05) is 12.1 Å². The highest BCUT2D eigenvalue weighted by Crippen LogP contribution is 2.67. The SMILES string of the molecule is C=CCN1CC[C@]23c4c5ccc(OC(C)=O)c4O[C@H]2[C@H](N(C)C(=O)Cc2ccc(Cl)c(Cl)c2)CC[C@@]3(OC(C)=O)[C@H]1C5. The number of benzene rings is 2. The third-order valence-electron chi connectivity index (χ3n) is 9.66. The standard InChI is InChI=1S/C32H34Cl2N2O6/c1-5-13-36-14-12-31-28-21-7-9-25(40-18(2)37)29(28)41-30(31)24(10-11-32(31,26(36)17-21)42-19(3)38)35(4)27(39)16-20-6-8-22(33)23(34)15-20/h5-9,15,24,26,30H,1,10-14,16-17H2,2-4H3/t24-,26-,30+,31+,32-/m1/s1. The van der Waals surface area contributed by atoms with Crippen LogP contribution in [0.3, 0.4) is 0 Å². The molecule has 8 nitrogen and oxygen atoms in total. The first-order valence-electron chi connectivity index (χ1n) is 14.3. The second kappa shape index (κ2) is 10.6. The maximum absolute atomic E-state index is 13.7. The number of esters is 2. The van der Waals surface area contributed by atoms with Crippen LogP contribution in [0.2, 0.25) is 10.0 Å². The van der Waals surface area contributed by atoms with Crippen molar-refractivity contribution in [2.45, 2.75) is 75.2 Å². The number of likely N-dealkylation sites (tertiary alicyclic amines) is 1. The molecule has 2 aliphatic carbocycles. The Morgan fingerprint density at radius 2 is 1.93 bits per heavy atom. The number of rotatable bonds is 7. The second-order valence-electron chi connectivity index (χ2n) is 11.8. The van der Waals surface area contributed by atoms with Crippen molar-refractivity contribution in [1.29, 1.82) is 0 Å². The van der Waals surface area contributed by atoms with Crippen LogP contribution in [0, 0.1) is 0 Å². The van der Waals surface area contributed by atoms with Gasteiger partial charge in [0.1, 0.15) is 11.7 Å². The molecule has 10 heteroatoms. The maximum Gasteiger partial charge on any atom is 0.308 e. The number of piperidine rings is 1. The smallest absolute Gasteiger partial charge is 0.308 e. The van der Waals surface area contributed by atoms with Gasteiger partial charge in [-0.15, -0.1) is 6.58 Å². The lowest BCUT2D eigenvalue weighted by molar-refractivity contribution is -0.222. The van der Waals surface area contributed by atoms with E-state index in [1.165, 1.54) is 13.8 Å². The number of nitrogens with zero attached hydrogens (tertiary/aromatic N) is 2. The molecular formula is C32H34Cl2N2O6. The van der Waals surface area contributed by atoms with Crippen LogP contribution in [0.25, 0.3) is 0 Å². The van der Waals surface area contributed by atoms with Gasteiger partial charge in [-0.25, -0.2) is 0 Å². The van der Waals surface area contributed by atoms with E-state index in [1.54, 1.807) is 36.2 Å². The van der Waals surface area contributed by atoms with Crippen LogP contribution in [0.4, 0.5) is 0 Å². The number of ether oxygens (including phenoxy) is 3. The van der Waals surface area contributed by atoms with Gasteiger partial charge >= 0.3 is 11.9 Å². The second-order valence-corrected chi connectivity index (χ2v) is 12.6. The van der Waals surface area contributed by atoms with Gasteiger partial charge < -0.3 is 19.1 Å². The molecule has 0 unspecified atom stereocenters. The van der Waals surface area contributed by atoms with Crippen molar-refractivity contribution in [1.82, 2.24) is 9.80 Å². The van der Waals surface area contributed by atoms with Crippen molar-refractivity contribution in [3.05, 3.63) is 69.7 Å². The van der Waals surface area contributed by atoms with Gasteiger partial charge in [0, 0.05) is 39.5 Å². The van der Waals surface area contributed by atoms with Crippen LogP contribution in [0.5, 0.6) is 11.5 Å². The van der Waals surface area contributed by atoms with Gasteiger partial charge in [-0.05, 0) is 55.0 Å². The van der Waals surface area contributed by atoms with Gasteiger partial charge in [-0.3, -0.25) is 19.3 Å². The van der Waals surface area contributed by atoms with Crippen LogP contribution < -0.4 is 9.47 Å². The molecule has 2 heterocycles. The summed E-state index contributed by atoms with van der Waals surface area (Å²) in [6.07, 6.45) is 3.92. The lowest BCUT2D eigenvalue weighted by Gasteiger charge is -2.65. The van der Waals surface area contributed by atoms with Crippen LogP contribution >= 0.6 is 23.2 Å². The summed E-state index contributed by atoms with van der Waals surface area (Å²) in [5, 5.41) is 0.826. The van der Waals surface area contributed by atoms with E-state index in [0.29, 0.717) is 53.8 Å². The normalized spacial score (nSPS) is 28.7. The summed E-state index contributed by atoms with van der Waals surface area (Å²) in [6, 6.07) is 8.55. The van der Waals surface area contributed by atoms with Gasteiger partial charge in [-0.2, -0.15) is 0 Å². The first kappa shape index (κ1) is 29.0. The van der Waals surface area contributed by atoms with E-state index in [-0.39, 0.29) is 30.4 Å². The van der Waals surface area contributed by atoms with Crippen LogP contribution in [0.1, 0.15) is 49.8 Å². The molecule has 2 aromatic rings. The minimum atomic E-state index is -0.887. The fourth-order valence-corrected chi connectivity index (χ4v) is 8.50. The van der Waals surface area contributed by atoms with E-state index < -0.39 is 23.1 Å². The zero-order valence-corrected chi connectivity index (χ0v) is 25.5. The van der Waals surface area contributed by atoms with Gasteiger partial charge in [-0.1, -0.05) is 41.4 Å². The summed E-state index contributed by atoms with van der Waals surface area (Å²) in [6.45, 7) is 8.18. The first-order chi connectivity index (χ1) is 20.0. The molecule has 1 amide bonds. The van der Waals surface area contributed by atoms with Crippen LogP contribution in [0.15, 0.2) is 43.0 Å². The predicted octanol–water partition coefficient (Wildman–Crippen LogP) is 4.90. The Bertz CT molecular complexity index is 1500. The fraction of sp³-hybridized carbons (Fsp3) is 0.469. The molecule has 1 saturated carbocycles. The third kappa shape index (κ3) is 4.25. The van der Waals surface area contributed by atoms with Crippen molar-refractivity contribution in [3.63, 3.8) is 0 Å². The Labute approximate surface area is 255 Å². The summed E-state index contributed by atoms with van der Waals surface area (Å²) in [5.41, 5.74) is 1.16. The molecule has 0 radical (unpaired) electrons. The van der Waals surface area contributed by atoms with Gasteiger partial charge in [0.15, 0.2) is 11.5 Å². The van der Waals surface area contributed by atoms with E-state index in [9.17, 15) is 14.4 Å². The molecule has 222 valence electrons. The molecule has 4 aliphatic rings. The Morgan fingerprint density at radius 3 is 2.62 bits per heavy atom. The summed E-state index contributed by atoms with van der Waals surface area (Å²) >= 11 is 12.3. The highest BCUT2D eigenvalue weighted by molar-refractivity contribution is 6.42. The molecule has 42 heavy (non-hydrogen) atoms. The molecule has 2 fully saturated rings. The van der Waals surface area contributed by atoms with E-state index in [2.05, 4.69) is 11.5 Å². The summed E-state index contributed by atoms with van der Waals surface area (Å²) < 4.78 is 18.9. The van der Waals surface area contributed by atoms with E-state index in [4.69, 9.17) is 37.4 Å². The summed E-state index contributed by atoms with van der Waals surface area (Å²) in [4.78, 5) is 42.7. The molecule has 2 aliphatic heterocycles. The number of hydrogen-bond donors (Lipinski definition) is 0. The van der Waals surface area contributed by atoms with Crippen molar-refractivity contribution in [2.24, 2.45) is 0 Å². The lowest BCUT2D eigenvalue weighted by atomic mass is 9.48. The molecule has 1 saturated heterocycles. The van der Waals surface area contributed by atoms with Crippen LogP contribution in [-0.2, 0) is 37.4 Å². The van der Waals surface area contributed by atoms with Crippen molar-refractivity contribution >= 4 is 41.0 Å². The Kier molecular flexibility index (Phi) is 7.31. The molecule has 2 bridgehead atoms. The highest BCUT2D eigenvalue weighted by atomic mass is 35.5. The maximum atomic E-state index is 13.7. The monoisotopic (exact) mass is 612 g/mol. The van der Waals surface area contributed by atoms with Crippen molar-refractivity contribution < 1.29 is 28.6 Å². The van der Waals surface area contributed by atoms with Crippen molar-refractivity contribution in [3.8, 4) is 11.5 Å².